The zero-order chi connectivity index (χ0) is 11.4. The average molecular weight is 224 g/mol. The maximum atomic E-state index is 2.23. The molecule has 0 amide bonds. The Morgan fingerprint density at radius 1 is 1.00 bits per heavy atom. The van der Waals surface area contributed by atoms with E-state index in [9.17, 15) is 0 Å². The van der Waals surface area contributed by atoms with Crippen molar-refractivity contribution < 1.29 is 0 Å². The van der Waals surface area contributed by atoms with E-state index in [1.165, 1.54) is 21.9 Å². The molecule has 0 spiro atoms. The lowest BCUT2D eigenvalue weighted by Gasteiger charge is -2.11. The van der Waals surface area contributed by atoms with Crippen molar-refractivity contribution in [3.63, 3.8) is 0 Å². The van der Waals surface area contributed by atoms with Crippen molar-refractivity contribution in [1.82, 2.24) is 0 Å². The van der Waals surface area contributed by atoms with Gasteiger partial charge in [-0.25, -0.2) is 0 Å². The van der Waals surface area contributed by atoms with E-state index < -0.39 is 0 Å². The highest BCUT2D eigenvalue weighted by Gasteiger charge is 2.06. The lowest BCUT2D eigenvalue weighted by Crippen LogP contribution is -1.91. The molecule has 1 aliphatic rings. The summed E-state index contributed by atoms with van der Waals surface area (Å²) in [7, 11) is 1.08. The molecular formula is C15H16Si. The molecule has 0 unspecified atom stereocenters. The Morgan fingerprint density at radius 3 is 2.44 bits per heavy atom. The van der Waals surface area contributed by atoms with Crippen LogP contribution < -0.4 is 0 Å². The Bertz CT molecular complexity index is 507. The Labute approximate surface area is 99.8 Å². The average Bonchev–Trinajstić information content (AvgIpc) is 2.31. The van der Waals surface area contributed by atoms with E-state index in [1.54, 1.807) is 0 Å². The minimum absolute atomic E-state index is 1.08. The Kier molecular flexibility index (Phi) is 3.57. The fraction of sp³-hybridized carbons (Fsp3) is 0.200. The summed E-state index contributed by atoms with van der Waals surface area (Å²) in [5.41, 5.74) is 2.81. The van der Waals surface area contributed by atoms with Gasteiger partial charge in [-0.2, -0.15) is 0 Å². The van der Waals surface area contributed by atoms with E-state index in [4.69, 9.17) is 0 Å². The molecule has 1 heteroatoms. The molecule has 0 atom stereocenters. The number of benzene rings is 2. The van der Waals surface area contributed by atoms with Crippen LogP contribution in [0.25, 0.3) is 16.8 Å². The second kappa shape index (κ2) is 5.13. The minimum atomic E-state index is 1.08. The van der Waals surface area contributed by atoms with E-state index in [0.717, 1.165) is 15.9 Å². The van der Waals surface area contributed by atoms with Gasteiger partial charge in [-0.1, -0.05) is 61.6 Å². The summed E-state index contributed by atoms with van der Waals surface area (Å²) in [5.74, 6) is 0. The Hall–Kier alpha value is -1.34. The fourth-order valence-corrected chi connectivity index (χ4v) is 2.07. The van der Waals surface area contributed by atoms with Crippen LogP contribution in [-0.4, -0.2) is 9.52 Å². The van der Waals surface area contributed by atoms with Gasteiger partial charge in [-0.05, 0) is 28.3 Å². The van der Waals surface area contributed by atoms with Crippen molar-refractivity contribution >= 4 is 26.4 Å². The molecule has 0 aliphatic heterocycles. The van der Waals surface area contributed by atoms with Gasteiger partial charge in [0.2, 0.25) is 0 Å². The summed E-state index contributed by atoms with van der Waals surface area (Å²) in [6.45, 7) is 4.31. The number of hydrogen-bond acceptors (Lipinski definition) is 0. The molecule has 2 aromatic carbocycles. The summed E-state index contributed by atoms with van der Waals surface area (Å²) in [6, 6.07) is 13.0. The highest BCUT2D eigenvalue weighted by Crippen LogP contribution is 2.27. The highest BCUT2D eigenvalue weighted by atomic mass is 28.2. The summed E-state index contributed by atoms with van der Waals surface area (Å²) < 4.78 is 0. The van der Waals surface area contributed by atoms with Crippen molar-refractivity contribution in [3.05, 3.63) is 53.6 Å². The first-order valence-electron chi connectivity index (χ1n) is 5.62. The zero-order valence-corrected chi connectivity index (χ0v) is 10.8. The van der Waals surface area contributed by atoms with E-state index in [0.29, 0.717) is 0 Å². The molecule has 2 radical (unpaired) electrons. The van der Waals surface area contributed by atoms with Crippen LogP contribution in [-0.2, 0) is 6.42 Å². The minimum Gasteiger partial charge on any atom is -0.0795 e. The maximum Gasteiger partial charge on any atom is 0.0307 e. The quantitative estimate of drug-likeness (QED) is 0.588. The van der Waals surface area contributed by atoms with Gasteiger partial charge in [0.05, 0.1) is 0 Å². The number of hydrogen-bond donors (Lipinski definition) is 0. The first kappa shape index (κ1) is 11.2. The van der Waals surface area contributed by atoms with Gasteiger partial charge in [-0.3, -0.25) is 0 Å². The lowest BCUT2D eigenvalue weighted by atomic mass is 9.93. The first-order valence-corrected chi connectivity index (χ1v) is 7.62. The van der Waals surface area contributed by atoms with Gasteiger partial charge < -0.3 is 0 Å². The van der Waals surface area contributed by atoms with Crippen LogP contribution in [0.1, 0.15) is 11.1 Å². The van der Waals surface area contributed by atoms with Gasteiger partial charge in [0.15, 0.2) is 0 Å². The molecular weight excluding hydrogens is 208 g/mol. The predicted octanol–water partition coefficient (Wildman–Crippen LogP) is 4.20. The van der Waals surface area contributed by atoms with Crippen molar-refractivity contribution in [2.24, 2.45) is 0 Å². The summed E-state index contributed by atoms with van der Waals surface area (Å²) >= 11 is 0. The topological polar surface area (TPSA) is 0 Å². The molecule has 16 heavy (non-hydrogen) atoms. The second-order valence-electron chi connectivity index (χ2n) is 3.97. The molecule has 0 heterocycles. The molecule has 0 saturated carbocycles. The normalized spacial score (nSPS) is 12.1. The largest absolute Gasteiger partial charge is 0.0795 e. The molecule has 0 nitrogen and oxygen atoms in total. The number of rotatable bonds is 0. The van der Waals surface area contributed by atoms with Gasteiger partial charge in [0.25, 0.3) is 0 Å². The molecule has 2 aromatic rings. The monoisotopic (exact) mass is 224 g/mol. The Morgan fingerprint density at radius 2 is 1.69 bits per heavy atom. The highest BCUT2D eigenvalue weighted by molar-refractivity contribution is 6.31. The second-order valence-corrected chi connectivity index (χ2v) is 4.97. The van der Waals surface area contributed by atoms with Gasteiger partial charge in [0, 0.05) is 9.52 Å². The van der Waals surface area contributed by atoms with Crippen molar-refractivity contribution in [1.29, 1.82) is 0 Å². The van der Waals surface area contributed by atoms with Crippen molar-refractivity contribution in [2.75, 3.05) is 0 Å². The van der Waals surface area contributed by atoms with Gasteiger partial charge in [0.1, 0.15) is 0 Å². The summed E-state index contributed by atoms with van der Waals surface area (Å²) in [6.07, 6.45) is 5.53. The van der Waals surface area contributed by atoms with Crippen LogP contribution in [0.2, 0.25) is 13.1 Å². The molecule has 0 fully saturated rings. The van der Waals surface area contributed by atoms with Crippen LogP contribution >= 0.6 is 0 Å². The standard InChI is InChI=1S/C13H10.C2H6Si/c1-4-10-6-2-8-12-9-3-7-11(5-1)13(10)12;1-3-2/h1-8H,9H2;1-2H3. The smallest absolute Gasteiger partial charge is 0.0307 e. The van der Waals surface area contributed by atoms with Crippen LogP contribution in [0, 0.1) is 0 Å². The maximum absolute atomic E-state index is 2.23. The Balaban J connectivity index is 0.000000292. The molecule has 0 bridgehead atoms. The first-order chi connectivity index (χ1) is 7.86. The van der Waals surface area contributed by atoms with Gasteiger partial charge >= 0.3 is 0 Å². The van der Waals surface area contributed by atoms with E-state index in [1.807, 2.05) is 0 Å². The lowest BCUT2D eigenvalue weighted by molar-refractivity contribution is 1.29. The molecule has 0 saturated heterocycles. The molecule has 0 aromatic heterocycles. The van der Waals surface area contributed by atoms with Gasteiger partial charge in [-0.15, -0.1) is 0 Å². The molecule has 3 rings (SSSR count). The fourth-order valence-electron chi connectivity index (χ4n) is 2.07. The van der Waals surface area contributed by atoms with Crippen LogP contribution in [0.3, 0.4) is 0 Å². The van der Waals surface area contributed by atoms with Crippen molar-refractivity contribution in [3.8, 4) is 0 Å². The van der Waals surface area contributed by atoms with Crippen molar-refractivity contribution in [2.45, 2.75) is 19.5 Å². The third-order valence-corrected chi connectivity index (χ3v) is 2.66. The van der Waals surface area contributed by atoms with Crippen LogP contribution in [0.4, 0.5) is 0 Å². The zero-order valence-electron chi connectivity index (χ0n) is 9.83. The summed E-state index contributed by atoms with van der Waals surface area (Å²) in [4.78, 5) is 0. The van der Waals surface area contributed by atoms with Crippen LogP contribution in [0.5, 0.6) is 0 Å². The van der Waals surface area contributed by atoms with E-state index in [2.05, 4.69) is 61.6 Å². The van der Waals surface area contributed by atoms with Crippen LogP contribution in [0.15, 0.2) is 42.5 Å². The number of allylic oxidation sites excluding steroid dienone is 1. The third-order valence-electron chi connectivity index (χ3n) is 2.66. The third kappa shape index (κ3) is 2.09. The molecule has 0 N–H and O–H groups in total. The van der Waals surface area contributed by atoms with E-state index in [-0.39, 0.29) is 0 Å². The predicted molar refractivity (Wildman–Crippen MR) is 74.2 cm³/mol. The SMILES string of the molecule is C1=Cc2cccc3cccc(c23)C1.C[Si]C. The van der Waals surface area contributed by atoms with E-state index >= 15 is 0 Å². The molecule has 1 aliphatic carbocycles. The summed E-state index contributed by atoms with van der Waals surface area (Å²) in [5, 5.41) is 2.80. The molecule has 80 valence electrons.